The first-order valence-electron chi connectivity index (χ1n) is 8.70. The fraction of sp³-hybridized carbons (Fsp3) is 0.278. The van der Waals surface area contributed by atoms with E-state index in [9.17, 15) is 0 Å². The van der Waals surface area contributed by atoms with Crippen molar-refractivity contribution in [1.29, 1.82) is 5.26 Å². The highest BCUT2D eigenvalue weighted by Gasteiger charge is 2.31. The maximum atomic E-state index is 8.98. The lowest BCUT2D eigenvalue weighted by Crippen LogP contribution is -2.25. The SMILES string of the molecule is Cn1cc(-c2cn3nccc3c(-c3cnn(C4CC(C#N)C4)c3)n2)c(N)n1. The minimum Gasteiger partial charge on any atom is -0.382 e. The van der Waals surface area contributed by atoms with E-state index in [2.05, 4.69) is 21.4 Å². The van der Waals surface area contributed by atoms with Crippen LogP contribution in [0.15, 0.2) is 37.1 Å². The molecule has 2 N–H and O–H groups in total. The van der Waals surface area contributed by atoms with Crippen LogP contribution in [-0.4, -0.2) is 34.2 Å². The van der Waals surface area contributed by atoms with Gasteiger partial charge in [-0.1, -0.05) is 0 Å². The first kappa shape index (κ1) is 15.6. The molecule has 0 unspecified atom stereocenters. The van der Waals surface area contributed by atoms with Gasteiger partial charge in [0, 0.05) is 25.0 Å². The molecule has 4 aromatic heterocycles. The van der Waals surface area contributed by atoms with Gasteiger partial charge in [-0.2, -0.15) is 20.6 Å². The van der Waals surface area contributed by atoms with Gasteiger partial charge >= 0.3 is 0 Å². The second kappa shape index (κ2) is 5.67. The third-order valence-corrected chi connectivity index (χ3v) is 5.07. The summed E-state index contributed by atoms with van der Waals surface area (Å²) >= 11 is 0. The summed E-state index contributed by atoms with van der Waals surface area (Å²) in [5.41, 5.74) is 10.1. The molecule has 0 bridgehead atoms. The summed E-state index contributed by atoms with van der Waals surface area (Å²) in [6.45, 7) is 0. The fourth-order valence-electron chi connectivity index (χ4n) is 3.54. The van der Waals surface area contributed by atoms with Crippen LogP contribution < -0.4 is 5.73 Å². The minimum atomic E-state index is 0.138. The number of fused-ring (bicyclic) bond motifs is 1. The number of nitrogens with two attached hydrogens (primary N) is 1. The Morgan fingerprint density at radius 2 is 2.07 bits per heavy atom. The van der Waals surface area contributed by atoms with Crippen LogP contribution in [0.5, 0.6) is 0 Å². The van der Waals surface area contributed by atoms with E-state index in [0.29, 0.717) is 11.5 Å². The van der Waals surface area contributed by atoms with Gasteiger partial charge in [-0.25, -0.2) is 9.50 Å². The molecule has 0 amide bonds. The Labute approximate surface area is 154 Å². The minimum absolute atomic E-state index is 0.138. The second-order valence-electron chi connectivity index (χ2n) is 6.90. The van der Waals surface area contributed by atoms with Crippen LogP contribution in [0.1, 0.15) is 18.9 Å². The molecule has 0 radical (unpaired) electrons. The van der Waals surface area contributed by atoms with Crippen molar-refractivity contribution >= 4 is 11.3 Å². The average molecular weight is 359 g/mol. The molecule has 4 heterocycles. The summed E-state index contributed by atoms with van der Waals surface area (Å²) in [5, 5.41) is 22.0. The molecule has 0 saturated heterocycles. The van der Waals surface area contributed by atoms with Gasteiger partial charge < -0.3 is 5.73 Å². The third-order valence-electron chi connectivity index (χ3n) is 5.07. The smallest absolute Gasteiger partial charge is 0.154 e. The van der Waals surface area contributed by atoms with Crippen LogP contribution >= 0.6 is 0 Å². The van der Waals surface area contributed by atoms with Crippen LogP contribution in [0.3, 0.4) is 0 Å². The molecule has 4 aromatic rings. The van der Waals surface area contributed by atoms with Gasteiger partial charge in [-0.15, -0.1) is 0 Å². The summed E-state index contributed by atoms with van der Waals surface area (Å²) in [7, 11) is 1.82. The Kier molecular flexibility index (Phi) is 3.27. The Hall–Kier alpha value is -3.67. The fourth-order valence-corrected chi connectivity index (χ4v) is 3.54. The molecular weight excluding hydrogens is 342 g/mol. The van der Waals surface area contributed by atoms with E-state index in [4.69, 9.17) is 16.0 Å². The molecule has 27 heavy (non-hydrogen) atoms. The Bertz CT molecular complexity index is 1180. The molecule has 5 rings (SSSR count). The molecule has 0 atom stereocenters. The number of rotatable bonds is 3. The first-order valence-corrected chi connectivity index (χ1v) is 8.70. The van der Waals surface area contributed by atoms with Gasteiger partial charge in [0.2, 0.25) is 0 Å². The highest BCUT2D eigenvalue weighted by Crippen LogP contribution is 2.37. The van der Waals surface area contributed by atoms with Crippen LogP contribution in [0.25, 0.3) is 28.0 Å². The summed E-state index contributed by atoms with van der Waals surface area (Å²) in [4.78, 5) is 4.84. The van der Waals surface area contributed by atoms with E-state index in [-0.39, 0.29) is 12.0 Å². The zero-order valence-corrected chi connectivity index (χ0v) is 14.7. The molecule has 1 fully saturated rings. The number of nitrogens with zero attached hydrogens (tertiary/aromatic N) is 8. The normalized spacial score (nSPS) is 19.1. The van der Waals surface area contributed by atoms with Crippen LogP contribution in [-0.2, 0) is 7.05 Å². The molecule has 9 heteroatoms. The lowest BCUT2D eigenvalue weighted by atomic mass is 9.81. The van der Waals surface area contributed by atoms with Crippen LogP contribution in [0.4, 0.5) is 5.82 Å². The van der Waals surface area contributed by atoms with E-state index in [1.807, 2.05) is 42.6 Å². The summed E-state index contributed by atoms with van der Waals surface area (Å²) in [5.74, 6) is 0.564. The average Bonchev–Trinajstić information content (AvgIpc) is 3.32. The standard InChI is InChI=1S/C18H17N9/c1-25-9-14(18(20)24-25)15-10-27-16(2-3-21-27)17(23-15)12-7-22-26(8-12)13-4-11(5-13)6-19/h2-3,7-11,13H,4-5H2,1H3,(H2,20,24). The van der Waals surface area contributed by atoms with Gasteiger partial charge in [-0.3, -0.25) is 9.36 Å². The highest BCUT2D eigenvalue weighted by atomic mass is 15.3. The highest BCUT2D eigenvalue weighted by molar-refractivity contribution is 5.80. The molecule has 1 aliphatic carbocycles. The number of hydrogen-bond acceptors (Lipinski definition) is 6. The molecule has 0 spiro atoms. The van der Waals surface area contributed by atoms with Crippen molar-refractivity contribution < 1.29 is 0 Å². The van der Waals surface area contributed by atoms with Crippen LogP contribution in [0, 0.1) is 17.2 Å². The van der Waals surface area contributed by atoms with Crippen molar-refractivity contribution in [3.05, 3.63) is 37.1 Å². The second-order valence-corrected chi connectivity index (χ2v) is 6.90. The molecular formula is C18H17N9. The molecule has 0 aromatic carbocycles. The zero-order valence-electron chi connectivity index (χ0n) is 14.7. The lowest BCUT2D eigenvalue weighted by Gasteiger charge is -2.30. The lowest BCUT2D eigenvalue weighted by molar-refractivity contribution is 0.230. The number of nitriles is 1. The number of anilines is 1. The van der Waals surface area contributed by atoms with Crippen molar-refractivity contribution in [1.82, 2.24) is 34.2 Å². The monoisotopic (exact) mass is 359 g/mol. The quantitative estimate of drug-likeness (QED) is 0.598. The summed E-state index contributed by atoms with van der Waals surface area (Å²) < 4.78 is 5.39. The van der Waals surface area contributed by atoms with Crippen molar-refractivity contribution in [2.24, 2.45) is 13.0 Å². The third kappa shape index (κ3) is 2.45. The Morgan fingerprint density at radius 1 is 1.22 bits per heavy atom. The van der Waals surface area contributed by atoms with E-state index >= 15 is 0 Å². The van der Waals surface area contributed by atoms with Gasteiger partial charge in [0.05, 0.1) is 59.1 Å². The molecule has 0 aliphatic heterocycles. The maximum absolute atomic E-state index is 8.98. The zero-order chi connectivity index (χ0) is 18.5. The molecule has 134 valence electrons. The van der Waals surface area contributed by atoms with Crippen molar-refractivity contribution in [3.63, 3.8) is 0 Å². The van der Waals surface area contributed by atoms with E-state index in [0.717, 1.165) is 35.2 Å². The maximum Gasteiger partial charge on any atom is 0.154 e. The van der Waals surface area contributed by atoms with Crippen LogP contribution in [0.2, 0.25) is 0 Å². The molecule has 9 nitrogen and oxygen atoms in total. The van der Waals surface area contributed by atoms with E-state index < -0.39 is 0 Å². The summed E-state index contributed by atoms with van der Waals surface area (Å²) in [6, 6.07) is 4.51. The topological polar surface area (TPSA) is 116 Å². The number of nitrogen functional groups attached to an aromatic ring is 1. The first-order chi connectivity index (χ1) is 13.1. The van der Waals surface area contributed by atoms with E-state index in [1.165, 1.54) is 0 Å². The molecule has 1 aliphatic rings. The van der Waals surface area contributed by atoms with Crippen molar-refractivity contribution in [2.75, 3.05) is 5.73 Å². The predicted octanol–water partition coefficient (Wildman–Crippen LogP) is 2.05. The summed E-state index contributed by atoms with van der Waals surface area (Å²) in [6.07, 6.45) is 10.9. The van der Waals surface area contributed by atoms with Gasteiger partial charge in [0.25, 0.3) is 0 Å². The predicted molar refractivity (Wildman–Crippen MR) is 98.2 cm³/mol. The van der Waals surface area contributed by atoms with Crippen molar-refractivity contribution in [3.8, 4) is 28.6 Å². The Balaban J connectivity index is 1.59. The van der Waals surface area contributed by atoms with Gasteiger partial charge in [0.1, 0.15) is 0 Å². The number of aryl methyl sites for hydroxylation is 1. The number of aromatic nitrogens is 7. The largest absolute Gasteiger partial charge is 0.382 e. The van der Waals surface area contributed by atoms with Crippen molar-refractivity contribution in [2.45, 2.75) is 18.9 Å². The number of hydrogen-bond donors (Lipinski definition) is 1. The van der Waals surface area contributed by atoms with Gasteiger partial charge in [-0.05, 0) is 18.9 Å². The van der Waals surface area contributed by atoms with Gasteiger partial charge in [0.15, 0.2) is 5.82 Å². The molecule has 1 saturated carbocycles. The van der Waals surface area contributed by atoms with E-state index in [1.54, 1.807) is 15.4 Å². The Morgan fingerprint density at radius 3 is 2.81 bits per heavy atom.